The first kappa shape index (κ1) is 23.4. The van der Waals surface area contributed by atoms with Crippen LogP contribution in [0.2, 0.25) is 5.02 Å². The van der Waals surface area contributed by atoms with Crippen molar-refractivity contribution < 1.29 is 13.9 Å². The summed E-state index contributed by atoms with van der Waals surface area (Å²) < 4.78 is 23.3. The molecule has 0 atom stereocenters. The van der Waals surface area contributed by atoms with Crippen LogP contribution < -0.4 is 10.1 Å². The third-order valence-corrected chi connectivity index (χ3v) is 7.20. The van der Waals surface area contributed by atoms with Crippen LogP contribution in [0.5, 0.6) is 5.75 Å². The molecule has 1 N–H and O–H groups in total. The van der Waals surface area contributed by atoms with Crippen molar-refractivity contribution >= 4 is 28.8 Å². The van der Waals surface area contributed by atoms with Gasteiger partial charge in [-0.15, -0.1) is 0 Å². The second-order valence-corrected chi connectivity index (χ2v) is 9.66. The van der Waals surface area contributed by atoms with E-state index in [1.54, 1.807) is 25.3 Å². The molecule has 6 rings (SSSR count). The number of hydrogen-bond acceptors (Lipinski definition) is 2. The Hall–Kier alpha value is -4.03. The van der Waals surface area contributed by atoms with Crippen molar-refractivity contribution in [1.82, 2.24) is 8.97 Å². The molecule has 1 aliphatic heterocycles. The van der Waals surface area contributed by atoms with Crippen LogP contribution in [0.15, 0.2) is 79.0 Å². The predicted octanol–water partition coefficient (Wildman–Crippen LogP) is 7.46. The fraction of sp³-hybridized carbons (Fsp3) is 0.167. The van der Waals surface area contributed by atoms with Crippen molar-refractivity contribution in [2.45, 2.75) is 25.8 Å². The summed E-state index contributed by atoms with van der Waals surface area (Å²) in [5.41, 5.74) is 7.04. The Morgan fingerprint density at radius 1 is 1.00 bits per heavy atom. The van der Waals surface area contributed by atoms with E-state index >= 15 is 0 Å². The van der Waals surface area contributed by atoms with Gasteiger partial charge in [-0.05, 0) is 78.9 Å². The molecule has 7 heteroatoms. The highest BCUT2D eigenvalue weighted by Gasteiger charge is 2.29. The van der Waals surface area contributed by atoms with E-state index in [1.165, 1.54) is 12.1 Å². The monoisotopic (exact) mass is 513 g/mol. The first-order valence-corrected chi connectivity index (χ1v) is 12.6. The summed E-state index contributed by atoms with van der Waals surface area (Å²) in [6.45, 7) is 0.817. The molecule has 0 saturated carbocycles. The Balaban J connectivity index is 1.59. The Morgan fingerprint density at radius 2 is 1.76 bits per heavy atom. The van der Waals surface area contributed by atoms with Gasteiger partial charge < -0.3 is 14.6 Å². The van der Waals surface area contributed by atoms with Crippen LogP contribution in [0.4, 0.5) is 10.1 Å². The SMILES string of the molecule is COc1cccc(NC(=O)c2c(-c3ccc(Cl)cc3)c3c4n(c(-c5ccc(F)cc5)cn24)CCCC3)c1. The number of nitrogens with one attached hydrogen (secondary N) is 1. The average molecular weight is 514 g/mol. The lowest BCUT2D eigenvalue weighted by Crippen LogP contribution is -2.15. The van der Waals surface area contributed by atoms with E-state index in [2.05, 4.69) is 9.88 Å². The molecule has 0 spiro atoms. The number of aromatic nitrogens is 2. The van der Waals surface area contributed by atoms with E-state index in [0.29, 0.717) is 22.2 Å². The third-order valence-electron chi connectivity index (χ3n) is 6.95. The lowest BCUT2D eigenvalue weighted by atomic mass is 9.97. The average Bonchev–Trinajstić information content (AvgIpc) is 3.32. The minimum absolute atomic E-state index is 0.220. The second-order valence-electron chi connectivity index (χ2n) is 9.22. The standard InChI is InChI=1S/C30H25ClFN3O2/c1-37-24-6-4-5-23(17-24)33-29(36)28-27(20-8-12-21(31)13-9-20)25-7-2-3-16-34-26(18-35(28)30(25)34)19-10-14-22(32)15-11-19/h4-6,8-15,17-18H,2-3,7,16H2,1H3,(H,33,36). The molecule has 186 valence electrons. The molecule has 2 aromatic heterocycles. The first-order valence-electron chi connectivity index (χ1n) is 12.3. The van der Waals surface area contributed by atoms with Crippen LogP contribution in [-0.4, -0.2) is 22.0 Å². The van der Waals surface area contributed by atoms with E-state index in [4.69, 9.17) is 16.3 Å². The van der Waals surface area contributed by atoms with Crippen molar-refractivity contribution in [1.29, 1.82) is 0 Å². The Kier molecular flexibility index (Phi) is 5.97. The van der Waals surface area contributed by atoms with Crippen molar-refractivity contribution in [2.75, 3.05) is 12.4 Å². The van der Waals surface area contributed by atoms with E-state index in [0.717, 1.165) is 59.4 Å². The van der Waals surface area contributed by atoms with Crippen molar-refractivity contribution in [3.05, 3.63) is 101 Å². The quantitative estimate of drug-likeness (QED) is 0.265. The Morgan fingerprint density at radius 3 is 2.51 bits per heavy atom. The van der Waals surface area contributed by atoms with E-state index in [-0.39, 0.29) is 11.7 Å². The molecule has 0 unspecified atom stereocenters. The number of aryl methyl sites for hydroxylation is 2. The lowest BCUT2D eigenvalue weighted by Gasteiger charge is -2.11. The van der Waals surface area contributed by atoms with Crippen molar-refractivity contribution in [3.8, 4) is 28.1 Å². The maximum absolute atomic E-state index is 14.0. The van der Waals surface area contributed by atoms with Gasteiger partial charge in [0, 0.05) is 40.6 Å². The normalized spacial score (nSPS) is 12.9. The highest BCUT2D eigenvalue weighted by molar-refractivity contribution is 6.30. The molecule has 0 aliphatic carbocycles. The molecule has 0 bridgehead atoms. The van der Waals surface area contributed by atoms with Gasteiger partial charge in [0.15, 0.2) is 0 Å². The first-order chi connectivity index (χ1) is 18.0. The molecule has 37 heavy (non-hydrogen) atoms. The van der Waals surface area contributed by atoms with Gasteiger partial charge in [-0.1, -0.05) is 29.8 Å². The Labute approximate surface area is 219 Å². The second kappa shape index (κ2) is 9.45. The van der Waals surface area contributed by atoms with Gasteiger partial charge in [-0.25, -0.2) is 4.39 Å². The molecule has 0 fully saturated rings. The minimum atomic E-state index is -0.276. The van der Waals surface area contributed by atoms with Crippen LogP contribution in [0.1, 0.15) is 28.9 Å². The van der Waals surface area contributed by atoms with Crippen LogP contribution in [-0.2, 0) is 13.0 Å². The van der Waals surface area contributed by atoms with Crippen LogP contribution in [0.3, 0.4) is 0 Å². The smallest absolute Gasteiger partial charge is 0.273 e. The summed E-state index contributed by atoms with van der Waals surface area (Å²) in [6.07, 6.45) is 4.86. The van der Waals surface area contributed by atoms with Gasteiger partial charge >= 0.3 is 0 Å². The van der Waals surface area contributed by atoms with E-state index in [1.807, 2.05) is 53.1 Å². The molecule has 1 aliphatic rings. The number of nitrogens with zero attached hydrogens (tertiary/aromatic N) is 2. The van der Waals surface area contributed by atoms with Gasteiger partial charge in [0.1, 0.15) is 22.9 Å². The maximum atomic E-state index is 14.0. The number of halogens is 2. The van der Waals surface area contributed by atoms with Crippen molar-refractivity contribution in [2.24, 2.45) is 0 Å². The molecule has 0 saturated heterocycles. The van der Waals surface area contributed by atoms with Gasteiger partial charge in [0.25, 0.3) is 5.91 Å². The van der Waals surface area contributed by atoms with Gasteiger partial charge in [0.05, 0.1) is 12.8 Å². The number of carbonyl (C=O) groups is 1. The van der Waals surface area contributed by atoms with E-state index in [9.17, 15) is 9.18 Å². The number of rotatable bonds is 5. The molecular weight excluding hydrogens is 489 g/mol. The number of hydrogen-bond donors (Lipinski definition) is 1. The Bertz CT molecular complexity index is 1620. The summed E-state index contributed by atoms with van der Waals surface area (Å²) in [7, 11) is 1.60. The van der Waals surface area contributed by atoms with Gasteiger partial charge in [0.2, 0.25) is 0 Å². The summed E-state index contributed by atoms with van der Waals surface area (Å²) in [4.78, 5) is 14.0. The molecule has 3 heterocycles. The highest BCUT2D eigenvalue weighted by Crippen LogP contribution is 2.40. The number of benzene rings is 3. The minimum Gasteiger partial charge on any atom is -0.497 e. The molecule has 1 amide bonds. The fourth-order valence-electron chi connectivity index (χ4n) is 5.28. The number of carbonyl (C=O) groups excluding carboxylic acids is 1. The lowest BCUT2D eigenvalue weighted by molar-refractivity contribution is 0.102. The number of imidazole rings is 1. The zero-order chi connectivity index (χ0) is 25.5. The van der Waals surface area contributed by atoms with E-state index < -0.39 is 0 Å². The summed E-state index contributed by atoms with van der Waals surface area (Å²) in [5, 5.41) is 3.71. The predicted molar refractivity (Wildman–Crippen MR) is 145 cm³/mol. The summed E-state index contributed by atoms with van der Waals surface area (Å²) in [6, 6.07) is 21.5. The molecule has 0 radical (unpaired) electrons. The molecule has 5 nitrogen and oxygen atoms in total. The highest BCUT2D eigenvalue weighted by atomic mass is 35.5. The molecule has 3 aromatic carbocycles. The van der Waals surface area contributed by atoms with Crippen molar-refractivity contribution in [3.63, 3.8) is 0 Å². The van der Waals surface area contributed by atoms with Crippen LogP contribution >= 0.6 is 11.6 Å². The topological polar surface area (TPSA) is 47.7 Å². The summed E-state index contributed by atoms with van der Waals surface area (Å²) in [5.74, 6) is 0.167. The number of methoxy groups -OCH3 is 1. The van der Waals surface area contributed by atoms with Crippen LogP contribution in [0, 0.1) is 5.82 Å². The largest absolute Gasteiger partial charge is 0.497 e. The zero-order valence-electron chi connectivity index (χ0n) is 20.3. The fourth-order valence-corrected chi connectivity index (χ4v) is 5.40. The number of amides is 1. The zero-order valence-corrected chi connectivity index (χ0v) is 21.1. The molecular formula is C30H25ClFN3O2. The van der Waals surface area contributed by atoms with Gasteiger partial charge in [-0.2, -0.15) is 0 Å². The third kappa shape index (κ3) is 4.17. The van der Waals surface area contributed by atoms with Crippen LogP contribution in [0.25, 0.3) is 28.0 Å². The maximum Gasteiger partial charge on any atom is 0.273 e. The van der Waals surface area contributed by atoms with Gasteiger partial charge in [-0.3, -0.25) is 9.20 Å². The number of ether oxygens (including phenoxy) is 1. The summed E-state index contributed by atoms with van der Waals surface area (Å²) >= 11 is 6.20. The number of anilines is 1. The molecule has 5 aromatic rings.